The molecule has 2 aliphatic rings. The van der Waals surface area contributed by atoms with Crippen molar-refractivity contribution < 1.29 is 19.1 Å². The molecule has 6 nitrogen and oxygen atoms in total. The summed E-state index contributed by atoms with van der Waals surface area (Å²) >= 11 is 6.02. The minimum Gasteiger partial charge on any atom is -0.488 e. The Morgan fingerprint density at radius 2 is 1.93 bits per heavy atom. The average Bonchev–Trinajstić information content (AvgIpc) is 3.04. The molecule has 1 aliphatic heterocycles. The Hall–Kier alpha value is -2.31. The molecule has 1 N–H and O–H groups in total. The number of aryl methyl sites for hydroxylation is 2. The average molecular weight is 418 g/mol. The van der Waals surface area contributed by atoms with Crippen LogP contribution in [0, 0.1) is 25.7 Å². The second-order valence-electron chi connectivity index (χ2n) is 8.06. The highest BCUT2D eigenvalue weighted by molar-refractivity contribution is 6.30. The Labute approximate surface area is 174 Å². The number of benzene rings is 1. The second-order valence-corrected chi connectivity index (χ2v) is 8.50. The molecular weight excluding hydrogens is 394 g/mol. The van der Waals surface area contributed by atoms with Crippen LogP contribution < -0.4 is 10.4 Å². The van der Waals surface area contributed by atoms with E-state index < -0.39 is 11.7 Å². The topological polar surface area (TPSA) is 80.0 Å². The lowest BCUT2D eigenvalue weighted by atomic mass is 9.78. The van der Waals surface area contributed by atoms with E-state index in [4.69, 9.17) is 20.8 Å². The van der Waals surface area contributed by atoms with Gasteiger partial charge in [0.25, 0.3) is 5.91 Å². The van der Waals surface area contributed by atoms with Gasteiger partial charge in [0.15, 0.2) is 0 Å². The molecule has 0 bridgehead atoms. The molecule has 2 heterocycles. The number of ether oxygens (including phenoxy) is 1. The van der Waals surface area contributed by atoms with Crippen LogP contribution in [0.5, 0.6) is 5.75 Å². The van der Waals surface area contributed by atoms with E-state index in [1.165, 1.54) is 6.07 Å². The first-order chi connectivity index (χ1) is 13.8. The minimum atomic E-state index is -0.594. The maximum absolute atomic E-state index is 13.1. The third kappa shape index (κ3) is 4.05. The number of fused-ring (bicyclic) bond motifs is 1. The van der Waals surface area contributed by atoms with E-state index in [0.29, 0.717) is 53.6 Å². The standard InChI is InChI=1S/C22H24ClNO5/c1-12-6-20(26)28-13(2)21(12)22(27)24-10-14-7-18(25)19(8-15(14)11-24)29-17-5-3-4-16(23)9-17/h3-6,9,14-15,18-19,25H,7-8,10-11H2,1-2H3/t14-,15+,18+,19+/m0/s1. The van der Waals surface area contributed by atoms with Crippen LogP contribution in [-0.4, -0.2) is 41.2 Å². The number of carbonyl (C=O) groups excluding carboxylic acids is 1. The van der Waals surface area contributed by atoms with E-state index in [2.05, 4.69) is 0 Å². The fraction of sp³-hybridized carbons (Fsp3) is 0.455. The summed E-state index contributed by atoms with van der Waals surface area (Å²) in [6.45, 7) is 4.58. The van der Waals surface area contributed by atoms with Crippen molar-refractivity contribution >= 4 is 17.5 Å². The maximum Gasteiger partial charge on any atom is 0.336 e. The van der Waals surface area contributed by atoms with Gasteiger partial charge in [0.05, 0.1) is 11.7 Å². The monoisotopic (exact) mass is 417 g/mol. The number of likely N-dealkylation sites (tertiary alicyclic amines) is 1. The normalized spacial score (nSPS) is 26.3. The molecule has 1 aromatic carbocycles. The zero-order valence-corrected chi connectivity index (χ0v) is 17.2. The highest BCUT2D eigenvalue weighted by Gasteiger charge is 2.44. The number of halogens is 1. The predicted molar refractivity (Wildman–Crippen MR) is 108 cm³/mol. The van der Waals surface area contributed by atoms with Gasteiger partial charge >= 0.3 is 5.63 Å². The summed E-state index contributed by atoms with van der Waals surface area (Å²) in [6, 6.07) is 8.50. The highest BCUT2D eigenvalue weighted by Crippen LogP contribution is 2.39. The van der Waals surface area contributed by atoms with E-state index >= 15 is 0 Å². The number of carbonyl (C=O) groups is 1. The summed E-state index contributed by atoms with van der Waals surface area (Å²) in [5.41, 5.74) is 0.632. The number of aliphatic hydroxyl groups is 1. The molecule has 1 saturated carbocycles. The SMILES string of the molecule is Cc1cc(=O)oc(C)c1C(=O)N1C[C@H]2C[C@@H](Oc3cccc(Cl)c3)[C@H](O)C[C@H]2C1. The Morgan fingerprint density at radius 1 is 1.21 bits per heavy atom. The molecule has 29 heavy (non-hydrogen) atoms. The van der Waals surface area contributed by atoms with Crippen LogP contribution in [0.25, 0.3) is 0 Å². The van der Waals surface area contributed by atoms with E-state index in [1.54, 1.807) is 30.9 Å². The van der Waals surface area contributed by atoms with Crippen LogP contribution in [0.3, 0.4) is 0 Å². The van der Waals surface area contributed by atoms with Crippen LogP contribution in [-0.2, 0) is 0 Å². The van der Waals surface area contributed by atoms with Crippen molar-refractivity contribution in [1.82, 2.24) is 4.90 Å². The summed E-state index contributed by atoms with van der Waals surface area (Å²) in [5, 5.41) is 11.2. The zero-order valence-electron chi connectivity index (χ0n) is 16.4. The van der Waals surface area contributed by atoms with Crippen LogP contribution in [0.15, 0.2) is 39.5 Å². The quantitative estimate of drug-likeness (QED) is 0.829. The van der Waals surface area contributed by atoms with Gasteiger partial charge < -0.3 is 19.2 Å². The van der Waals surface area contributed by atoms with Crippen molar-refractivity contribution in [1.29, 1.82) is 0 Å². The van der Waals surface area contributed by atoms with Crippen LogP contribution >= 0.6 is 11.6 Å². The van der Waals surface area contributed by atoms with Crippen LogP contribution in [0.2, 0.25) is 5.02 Å². The van der Waals surface area contributed by atoms with E-state index in [1.807, 2.05) is 12.1 Å². The molecule has 0 spiro atoms. The third-order valence-electron chi connectivity index (χ3n) is 6.00. The zero-order chi connectivity index (χ0) is 20.7. The Kier molecular flexibility index (Phi) is 5.40. The summed E-state index contributed by atoms with van der Waals surface area (Å²) < 4.78 is 11.1. The van der Waals surface area contributed by atoms with Gasteiger partial charge in [-0.2, -0.15) is 0 Å². The van der Waals surface area contributed by atoms with E-state index in [0.717, 1.165) is 0 Å². The minimum absolute atomic E-state index is 0.125. The Morgan fingerprint density at radius 3 is 2.62 bits per heavy atom. The van der Waals surface area contributed by atoms with Crippen molar-refractivity contribution in [3.8, 4) is 5.75 Å². The molecule has 1 amide bonds. The van der Waals surface area contributed by atoms with E-state index in [-0.39, 0.29) is 23.8 Å². The number of nitrogens with zero attached hydrogens (tertiary/aromatic N) is 1. The molecule has 7 heteroatoms. The van der Waals surface area contributed by atoms with Crippen molar-refractivity contribution in [2.24, 2.45) is 11.8 Å². The number of amides is 1. The smallest absolute Gasteiger partial charge is 0.336 e. The van der Waals surface area contributed by atoms with Crippen molar-refractivity contribution in [2.75, 3.05) is 13.1 Å². The van der Waals surface area contributed by atoms with Gasteiger partial charge in [-0.25, -0.2) is 4.79 Å². The summed E-state index contributed by atoms with van der Waals surface area (Å²) in [6.07, 6.45) is 0.331. The molecular formula is C22H24ClNO5. The van der Waals surface area contributed by atoms with Gasteiger partial charge in [0, 0.05) is 24.2 Å². The molecule has 0 unspecified atom stereocenters. The molecule has 1 aromatic heterocycles. The number of hydrogen-bond acceptors (Lipinski definition) is 5. The Bertz CT molecular complexity index is 961. The van der Waals surface area contributed by atoms with Gasteiger partial charge in [0.1, 0.15) is 17.6 Å². The van der Waals surface area contributed by atoms with Crippen LogP contribution in [0.4, 0.5) is 0 Å². The number of rotatable bonds is 3. The molecule has 4 rings (SSSR count). The lowest BCUT2D eigenvalue weighted by Crippen LogP contribution is -2.42. The highest BCUT2D eigenvalue weighted by atomic mass is 35.5. The maximum atomic E-state index is 13.1. The van der Waals surface area contributed by atoms with Gasteiger partial charge in [-0.05, 0) is 62.3 Å². The van der Waals surface area contributed by atoms with Gasteiger partial charge in [-0.15, -0.1) is 0 Å². The summed E-state index contributed by atoms with van der Waals surface area (Å²) in [4.78, 5) is 26.4. The van der Waals surface area contributed by atoms with Gasteiger partial charge in [0.2, 0.25) is 0 Å². The summed E-state index contributed by atoms with van der Waals surface area (Å²) in [5.74, 6) is 1.33. The predicted octanol–water partition coefficient (Wildman–Crippen LogP) is 3.20. The van der Waals surface area contributed by atoms with Crippen LogP contribution in [0.1, 0.15) is 34.5 Å². The molecule has 2 fully saturated rings. The molecule has 0 radical (unpaired) electrons. The molecule has 1 saturated heterocycles. The largest absolute Gasteiger partial charge is 0.488 e. The number of hydrogen-bond donors (Lipinski definition) is 1. The number of aliphatic hydroxyl groups excluding tert-OH is 1. The van der Waals surface area contributed by atoms with Crippen molar-refractivity contribution in [3.05, 3.63) is 62.7 Å². The van der Waals surface area contributed by atoms with Gasteiger partial charge in [-0.3, -0.25) is 4.79 Å². The lowest BCUT2D eigenvalue weighted by Gasteiger charge is -2.35. The first-order valence-electron chi connectivity index (χ1n) is 9.82. The first-order valence-corrected chi connectivity index (χ1v) is 10.2. The van der Waals surface area contributed by atoms with E-state index in [9.17, 15) is 14.7 Å². The van der Waals surface area contributed by atoms with Gasteiger partial charge in [-0.1, -0.05) is 17.7 Å². The lowest BCUT2D eigenvalue weighted by molar-refractivity contribution is -0.0231. The van der Waals surface area contributed by atoms with Crippen molar-refractivity contribution in [2.45, 2.75) is 38.9 Å². The molecule has 4 atom stereocenters. The second kappa shape index (κ2) is 7.84. The first kappa shape index (κ1) is 20.0. The summed E-state index contributed by atoms with van der Waals surface area (Å²) in [7, 11) is 0. The molecule has 154 valence electrons. The Balaban J connectivity index is 1.47. The fourth-order valence-corrected chi connectivity index (χ4v) is 4.81. The third-order valence-corrected chi connectivity index (χ3v) is 6.24. The fourth-order valence-electron chi connectivity index (χ4n) is 4.63. The molecule has 2 aromatic rings. The molecule has 1 aliphatic carbocycles. The van der Waals surface area contributed by atoms with Crippen molar-refractivity contribution in [3.63, 3.8) is 0 Å².